The summed E-state index contributed by atoms with van der Waals surface area (Å²) < 4.78 is 6.04. The molecule has 112 valence electrons. The zero-order chi connectivity index (χ0) is 14.8. The van der Waals surface area contributed by atoms with Crippen LogP contribution in [0.2, 0.25) is 0 Å². The second-order valence-electron chi connectivity index (χ2n) is 7.68. The second-order valence-corrected chi connectivity index (χ2v) is 7.68. The highest BCUT2D eigenvalue weighted by Crippen LogP contribution is 2.44. The average molecular weight is 268 g/mol. The Kier molecular flexibility index (Phi) is 5.08. The number of carbonyl (C=O) groups excluding carboxylic acids is 1. The Hall–Kier alpha value is -0.530. The van der Waals surface area contributed by atoms with Crippen molar-refractivity contribution in [1.82, 2.24) is 0 Å². The highest BCUT2D eigenvalue weighted by atomic mass is 16.6. The molecule has 1 saturated carbocycles. The fourth-order valence-electron chi connectivity index (χ4n) is 3.36. The zero-order valence-corrected chi connectivity index (χ0v) is 13.9. The van der Waals surface area contributed by atoms with Crippen molar-refractivity contribution in [3.8, 4) is 0 Å². The molecule has 3 atom stereocenters. The minimum atomic E-state index is -0.370. The molecule has 0 aromatic heterocycles. The van der Waals surface area contributed by atoms with Gasteiger partial charge in [-0.2, -0.15) is 0 Å². The van der Waals surface area contributed by atoms with E-state index in [1.165, 1.54) is 12.8 Å². The van der Waals surface area contributed by atoms with Crippen LogP contribution in [0.3, 0.4) is 0 Å². The normalized spacial score (nSPS) is 32.4. The first-order valence-electron chi connectivity index (χ1n) is 7.86. The molecule has 0 aromatic carbocycles. The van der Waals surface area contributed by atoms with Crippen molar-refractivity contribution in [3.63, 3.8) is 0 Å². The van der Waals surface area contributed by atoms with Gasteiger partial charge >= 0.3 is 5.97 Å². The first-order chi connectivity index (χ1) is 8.62. The molecule has 0 N–H and O–H groups in total. The molecule has 1 aliphatic rings. The molecule has 0 bridgehead atoms. The van der Waals surface area contributed by atoms with Gasteiger partial charge in [-0.25, -0.2) is 0 Å². The topological polar surface area (TPSA) is 26.3 Å². The monoisotopic (exact) mass is 268 g/mol. The van der Waals surface area contributed by atoms with Gasteiger partial charge in [0.15, 0.2) is 0 Å². The second kappa shape index (κ2) is 5.85. The lowest BCUT2D eigenvalue weighted by atomic mass is 9.67. The van der Waals surface area contributed by atoms with Crippen LogP contribution in [0.4, 0.5) is 0 Å². The molecule has 19 heavy (non-hydrogen) atoms. The van der Waals surface area contributed by atoms with Crippen LogP contribution >= 0.6 is 0 Å². The molecule has 1 fully saturated rings. The van der Waals surface area contributed by atoms with E-state index in [9.17, 15) is 4.79 Å². The lowest BCUT2D eigenvalue weighted by Crippen LogP contribution is -2.48. The third kappa shape index (κ3) is 3.73. The number of hydrogen-bond acceptors (Lipinski definition) is 2. The molecular weight excluding hydrogens is 236 g/mol. The maximum Gasteiger partial charge on any atom is 0.312 e. The molecule has 2 nitrogen and oxygen atoms in total. The van der Waals surface area contributed by atoms with Crippen LogP contribution < -0.4 is 0 Å². The minimum absolute atomic E-state index is 0.0303. The Morgan fingerprint density at radius 3 is 2.42 bits per heavy atom. The van der Waals surface area contributed by atoms with Crippen LogP contribution in [0.1, 0.15) is 74.1 Å². The third-order valence-corrected chi connectivity index (χ3v) is 5.08. The van der Waals surface area contributed by atoms with E-state index in [0.29, 0.717) is 17.8 Å². The summed E-state index contributed by atoms with van der Waals surface area (Å²) in [6, 6.07) is 0. The van der Waals surface area contributed by atoms with E-state index in [-0.39, 0.29) is 17.0 Å². The van der Waals surface area contributed by atoms with Gasteiger partial charge in [-0.05, 0) is 51.9 Å². The van der Waals surface area contributed by atoms with Crippen LogP contribution in [0.5, 0.6) is 0 Å². The summed E-state index contributed by atoms with van der Waals surface area (Å²) in [6.45, 7) is 14.9. The maximum atomic E-state index is 12.4. The van der Waals surface area contributed by atoms with Crippen molar-refractivity contribution in [2.45, 2.75) is 79.8 Å². The lowest BCUT2D eigenvalue weighted by Gasteiger charge is -2.46. The van der Waals surface area contributed by atoms with E-state index in [4.69, 9.17) is 4.74 Å². The highest BCUT2D eigenvalue weighted by Gasteiger charge is 2.45. The number of ether oxygens (including phenoxy) is 1. The van der Waals surface area contributed by atoms with Crippen molar-refractivity contribution in [3.05, 3.63) is 0 Å². The van der Waals surface area contributed by atoms with Gasteiger partial charge < -0.3 is 4.74 Å². The van der Waals surface area contributed by atoms with E-state index in [2.05, 4.69) is 27.7 Å². The Bertz CT molecular complexity index is 319. The number of esters is 1. The van der Waals surface area contributed by atoms with E-state index >= 15 is 0 Å². The SMILES string of the molecule is CCC(C)(C)C(=O)OC1(C)CC(C)CCC1C(C)C. The molecule has 0 spiro atoms. The fraction of sp³-hybridized carbons (Fsp3) is 0.941. The van der Waals surface area contributed by atoms with Gasteiger partial charge in [0.2, 0.25) is 0 Å². The molecular formula is C17H32O2. The average Bonchev–Trinajstić information content (AvgIpc) is 2.27. The highest BCUT2D eigenvalue weighted by molar-refractivity contribution is 5.76. The van der Waals surface area contributed by atoms with Gasteiger partial charge in [-0.3, -0.25) is 4.79 Å². The Morgan fingerprint density at radius 1 is 1.37 bits per heavy atom. The lowest BCUT2D eigenvalue weighted by molar-refractivity contribution is -0.183. The smallest absolute Gasteiger partial charge is 0.312 e. The summed E-state index contributed by atoms with van der Waals surface area (Å²) in [6.07, 6.45) is 4.26. The molecule has 1 rings (SSSR count). The largest absolute Gasteiger partial charge is 0.459 e. The van der Waals surface area contributed by atoms with Crippen molar-refractivity contribution in [1.29, 1.82) is 0 Å². The van der Waals surface area contributed by atoms with Crippen LogP contribution in [0, 0.1) is 23.2 Å². The summed E-state index contributed by atoms with van der Waals surface area (Å²) in [5, 5.41) is 0. The summed E-state index contributed by atoms with van der Waals surface area (Å²) in [4.78, 5) is 12.4. The molecule has 0 aromatic rings. The first-order valence-corrected chi connectivity index (χ1v) is 7.86. The van der Waals surface area contributed by atoms with Crippen LogP contribution in [-0.2, 0) is 9.53 Å². The van der Waals surface area contributed by atoms with E-state index in [0.717, 1.165) is 12.8 Å². The Morgan fingerprint density at radius 2 is 1.95 bits per heavy atom. The Balaban J connectivity index is 2.88. The summed E-state index contributed by atoms with van der Waals surface area (Å²) in [5.41, 5.74) is -0.652. The van der Waals surface area contributed by atoms with Crippen LogP contribution in [0.15, 0.2) is 0 Å². The van der Waals surface area contributed by atoms with E-state index < -0.39 is 0 Å². The van der Waals surface area contributed by atoms with Crippen molar-refractivity contribution < 1.29 is 9.53 Å². The zero-order valence-electron chi connectivity index (χ0n) is 13.9. The first kappa shape index (κ1) is 16.5. The minimum Gasteiger partial charge on any atom is -0.459 e. The van der Waals surface area contributed by atoms with E-state index in [1.54, 1.807) is 0 Å². The van der Waals surface area contributed by atoms with Gasteiger partial charge in [0.25, 0.3) is 0 Å². The molecule has 0 radical (unpaired) electrons. The Labute approximate surface area is 119 Å². The number of hydrogen-bond donors (Lipinski definition) is 0. The van der Waals surface area contributed by atoms with Crippen LogP contribution in [-0.4, -0.2) is 11.6 Å². The molecule has 2 heteroatoms. The van der Waals surface area contributed by atoms with Crippen molar-refractivity contribution in [2.75, 3.05) is 0 Å². The number of carbonyl (C=O) groups is 1. The predicted octanol–water partition coefficient (Wildman–Crippen LogP) is 4.82. The summed E-state index contributed by atoms with van der Waals surface area (Å²) >= 11 is 0. The van der Waals surface area contributed by atoms with Gasteiger partial charge in [-0.1, -0.05) is 34.1 Å². The maximum absolute atomic E-state index is 12.4. The van der Waals surface area contributed by atoms with Crippen molar-refractivity contribution in [2.24, 2.45) is 23.2 Å². The molecule has 0 amide bonds. The molecule has 1 aliphatic carbocycles. The quantitative estimate of drug-likeness (QED) is 0.683. The van der Waals surface area contributed by atoms with Gasteiger partial charge in [0.1, 0.15) is 5.60 Å². The van der Waals surface area contributed by atoms with Crippen LogP contribution in [0.25, 0.3) is 0 Å². The van der Waals surface area contributed by atoms with Gasteiger partial charge in [-0.15, -0.1) is 0 Å². The molecule has 0 saturated heterocycles. The number of rotatable bonds is 4. The predicted molar refractivity (Wildman–Crippen MR) is 79.9 cm³/mol. The molecule has 3 unspecified atom stereocenters. The molecule has 0 aliphatic heterocycles. The van der Waals surface area contributed by atoms with E-state index in [1.807, 2.05) is 20.8 Å². The summed E-state index contributed by atoms with van der Waals surface area (Å²) in [7, 11) is 0. The fourth-order valence-corrected chi connectivity index (χ4v) is 3.36. The van der Waals surface area contributed by atoms with Crippen molar-refractivity contribution >= 4 is 5.97 Å². The molecule has 0 heterocycles. The standard InChI is InChI=1S/C17H32O2/c1-8-16(5,6)15(18)19-17(7)11-13(4)9-10-14(17)12(2)3/h12-14H,8-11H2,1-7H3. The third-order valence-electron chi connectivity index (χ3n) is 5.08. The summed E-state index contributed by atoms with van der Waals surface area (Å²) in [5.74, 6) is 1.67. The van der Waals surface area contributed by atoms with Gasteiger partial charge in [0, 0.05) is 5.92 Å². The van der Waals surface area contributed by atoms with Gasteiger partial charge in [0.05, 0.1) is 5.41 Å².